The fraction of sp³-hybridized carbons (Fsp3) is 0.778. The van der Waals surface area contributed by atoms with E-state index in [1.54, 1.807) is 0 Å². The minimum Gasteiger partial charge on any atom is -0.315 e. The highest BCUT2D eigenvalue weighted by Crippen LogP contribution is 2.34. The fourth-order valence-electron chi connectivity index (χ4n) is 1.42. The predicted octanol–water partition coefficient (Wildman–Crippen LogP) is 1.81. The molecule has 0 aromatic carbocycles. The second kappa shape index (κ2) is 2.39. The van der Waals surface area contributed by atoms with Gasteiger partial charge in [-0.25, -0.2) is 0 Å². The van der Waals surface area contributed by atoms with Crippen LogP contribution in [-0.4, -0.2) is 13.1 Å². The van der Waals surface area contributed by atoms with Crippen molar-refractivity contribution in [2.45, 2.75) is 20.8 Å². The molecular formula is C9H17N. The van der Waals surface area contributed by atoms with Gasteiger partial charge in [-0.05, 0) is 5.92 Å². The van der Waals surface area contributed by atoms with E-state index < -0.39 is 0 Å². The zero-order valence-corrected chi connectivity index (χ0v) is 7.20. The van der Waals surface area contributed by atoms with Gasteiger partial charge in [-0.1, -0.05) is 32.9 Å². The number of rotatable bonds is 2. The van der Waals surface area contributed by atoms with Gasteiger partial charge in [0.2, 0.25) is 0 Å². The van der Waals surface area contributed by atoms with E-state index in [0.717, 1.165) is 13.1 Å². The molecule has 0 aliphatic carbocycles. The summed E-state index contributed by atoms with van der Waals surface area (Å²) >= 11 is 0. The molecule has 0 amide bonds. The Morgan fingerprint density at radius 3 is 2.10 bits per heavy atom. The minimum absolute atomic E-state index is 0.397. The van der Waals surface area contributed by atoms with Crippen LogP contribution >= 0.6 is 0 Å². The first-order valence-electron chi connectivity index (χ1n) is 3.96. The molecule has 1 nitrogen and oxygen atoms in total. The van der Waals surface area contributed by atoms with Gasteiger partial charge in [0.15, 0.2) is 0 Å². The maximum absolute atomic E-state index is 4.11. The Morgan fingerprint density at radius 2 is 2.00 bits per heavy atom. The molecule has 1 heterocycles. The minimum atomic E-state index is 0.397. The quantitative estimate of drug-likeness (QED) is 0.575. The van der Waals surface area contributed by atoms with Crippen LogP contribution in [0.5, 0.6) is 0 Å². The molecule has 58 valence electrons. The molecule has 0 spiro atoms. The lowest BCUT2D eigenvalue weighted by molar-refractivity contribution is 0.232. The lowest BCUT2D eigenvalue weighted by atomic mass is 9.73. The fourth-order valence-corrected chi connectivity index (χ4v) is 1.42. The average molecular weight is 139 g/mol. The Bertz CT molecular complexity index is 143. The third-order valence-electron chi connectivity index (χ3n) is 2.50. The van der Waals surface area contributed by atoms with Crippen molar-refractivity contribution in [2.24, 2.45) is 11.3 Å². The highest BCUT2D eigenvalue weighted by atomic mass is 15.0. The second-order valence-electron chi connectivity index (χ2n) is 3.84. The smallest absolute Gasteiger partial charge is 0.0133 e. The van der Waals surface area contributed by atoms with Crippen LogP contribution < -0.4 is 5.32 Å². The third kappa shape index (κ3) is 1.10. The maximum atomic E-state index is 4.11. The summed E-state index contributed by atoms with van der Waals surface area (Å²) in [6.45, 7) is 13.1. The molecule has 0 bridgehead atoms. The van der Waals surface area contributed by atoms with E-state index in [-0.39, 0.29) is 0 Å². The maximum Gasteiger partial charge on any atom is 0.0133 e. The van der Waals surface area contributed by atoms with E-state index in [9.17, 15) is 0 Å². The number of hydrogen-bond donors (Lipinski definition) is 1. The van der Waals surface area contributed by atoms with E-state index in [2.05, 4.69) is 32.7 Å². The van der Waals surface area contributed by atoms with E-state index in [0.29, 0.717) is 11.3 Å². The molecule has 0 atom stereocenters. The molecule has 1 saturated heterocycles. The topological polar surface area (TPSA) is 12.0 Å². The molecule has 0 radical (unpaired) electrons. The summed E-state index contributed by atoms with van der Waals surface area (Å²) in [6, 6.07) is 0. The zero-order chi connectivity index (χ0) is 7.78. The van der Waals surface area contributed by atoms with Gasteiger partial charge in [0.05, 0.1) is 0 Å². The van der Waals surface area contributed by atoms with Gasteiger partial charge in [-0.3, -0.25) is 0 Å². The summed E-state index contributed by atoms with van der Waals surface area (Å²) in [7, 11) is 0. The SMILES string of the molecule is C=C(C(C)C)C1(C)CNC1. The highest BCUT2D eigenvalue weighted by molar-refractivity contribution is 5.16. The first kappa shape index (κ1) is 7.80. The van der Waals surface area contributed by atoms with Crippen LogP contribution in [0, 0.1) is 11.3 Å². The van der Waals surface area contributed by atoms with Crippen LogP contribution in [0.2, 0.25) is 0 Å². The Morgan fingerprint density at radius 1 is 1.50 bits per heavy atom. The van der Waals surface area contributed by atoms with E-state index in [1.165, 1.54) is 5.57 Å². The first-order chi connectivity index (χ1) is 4.56. The van der Waals surface area contributed by atoms with Gasteiger partial charge in [0, 0.05) is 18.5 Å². The van der Waals surface area contributed by atoms with Crippen molar-refractivity contribution in [3.05, 3.63) is 12.2 Å². The summed E-state index contributed by atoms with van der Waals surface area (Å²) in [5.41, 5.74) is 1.79. The first-order valence-corrected chi connectivity index (χ1v) is 3.96. The van der Waals surface area contributed by atoms with Crippen molar-refractivity contribution >= 4 is 0 Å². The lowest BCUT2D eigenvalue weighted by Gasteiger charge is -2.42. The highest BCUT2D eigenvalue weighted by Gasteiger charge is 2.35. The normalized spacial score (nSPS) is 22.4. The monoisotopic (exact) mass is 139 g/mol. The van der Waals surface area contributed by atoms with Gasteiger partial charge >= 0.3 is 0 Å². The molecule has 1 N–H and O–H groups in total. The third-order valence-corrected chi connectivity index (χ3v) is 2.50. The van der Waals surface area contributed by atoms with Gasteiger partial charge in [0.1, 0.15) is 0 Å². The molecule has 0 aromatic heterocycles. The largest absolute Gasteiger partial charge is 0.315 e. The Kier molecular flexibility index (Phi) is 1.86. The molecule has 0 saturated carbocycles. The number of hydrogen-bond acceptors (Lipinski definition) is 1. The molecule has 10 heavy (non-hydrogen) atoms. The summed E-state index contributed by atoms with van der Waals surface area (Å²) in [5.74, 6) is 0.632. The lowest BCUT2D eigenvalue weighted by Crippen LogP contribution is -2.53. The van der Waals surface area contributed by atoms with Crippen molar-refractivity contribution in [1.29, 1.82) is 0 Å². The van der Waals surface area contributed by atoms with Crippen molar-refractivity contribution < 1.29 is 0 Å². The van der Waals surface area contributed by atoms with Gasteiger partial charge in [-0.2, -0.15) is 0 Å². The van der Waals surface area contributed by atoms with Crippen LogP contribution in [0.3, 0.4) is 0 Å². The van der Waals surface area contributed by atoms with Crippen LogP contribution in [0.25, 0.3) is 0 Å². The van der Waals surface area contributed by atoms with Crippen LogP contribution in [-0.2, 0) is 0 Å². The van der Waals surface area contributed by atoms with Gasteiger partial charge in [-0.15, -0.1) is 0 Å². The van der Waals surface area contributed by atoms with E-state index >= 15 is 0 Å². The average Bonchev–Trinajstić information content (AvgIpc) is 1.81. The van der Waals surface area contributed by atoms with Crippen LogP contribution in [0.4, 0.5) is 0 Å². The van der Waals surface area contributed by atoms with Crippen molar-refractivity contribution in [3.8, 4) is 0 Å². The van der Waals surface area contributed by atoms with Gasteiger partial charge in [0.25, 0.3) is 0 Å². The van der Waals surface area contributed by atoms with E-state index in [1.807, 2.05) is 0 Å². The molecule has 1 aliphatic heterocycles. The summed E-state index contributed by atoms with van der Waals surface area (Å²) < 4.78 is 0. The Labute approximate surface area is 63.5 Å². The summed E-state index contributed by atoms with van der Waals surface area (Å²) in [4.78, 5) is 0. The predicted molar refractivity (Wildman–Crippen MR) is 45.0 cm³/mol. The van der Waals surface area contributed by atoms with Crippen LogP contribution in [0.15, 0.2) is 12.2 Å². The molecular weight excluding hydrogens is 122 g/mol. The summed E-state index contributed by atoms with van der Waals surface area (Å²) in [6.07, 6.45) is 0. The van der Waals surface area contributed by atoms with Crippen molar-refractivity contribution in [1.82, 2.24) is 5.32 Å². The molecule has 1 aliphatic rings. The second-order valence-corrected chi connectivity index (χ2v) is 3.84. The molecule has 0 unspecified atom stereocenters. The molecule has 0 aromatic rings. The van der Waals surface area contributed by atoms with Crippen LogP contribution in [0.1, 0.15) is 20.8 Å². The molecule has 1 rings (SSSR count). The number of nitrogens with one attached hydrogen (secondary N) is 1. The zero-order valence-electron chi connectivity index (χ0n) is 7.20. The van der Waals surface area contributed by atoms with Crippen molar-refractivity contribution in [2.75, 3.05) is 13.1 Å². The Balaban J connectivity index is 2.55. The van der Waals surface area contributed by atoms with Gasteiger partial charge < -0.3 is 5.32 Å². The van der Waals surface area contributed by atoms with E-state index in [4.69, 9.17) is 0 Å². The Hall–Kier alpha value is -0.300. The van der Waals surface area contributed by atoms with Crippen molar-refractivity contribution in [3.63, 3.8) is 0 Å². The standard InChI is InChI=1S/C9H17N/c1-7(2)8(3)9(4)5-10-6-9/h7,10H,3,5-6H2,1-2,4H3. The molecule has 1 heteroatoms. The molecule has 1 fully saturated rings. The summed E-state index contributed by atoms with van der Waals surface area (Å²) in [5, 5.41) is 3.28.